The Bertz CT molecular complexity index is 996. The first-order valence-corrected chi connectivity index (χ1v) is 9.72. The molecule has 3 heterocycles. The van der Waals surface area contributed by atoms with Gasteiger partial charge >= 0.3 is 0 Å². The first-order valence-electron chi connectivity index (χ1n) is 9.72. The molecule has 0 spiro atoms. The molecule has 136 valence electrons. The maximum Gasteiger partial charge on any atom is 0.0705 e. The van der Waals surface area contributed by atoms with Crippen molar-refractivity contribution in [1.82, 2.24) is 9.88 Å². The largest absolute Gasteiger partial charge is 0.378 e. The Morgan fingerprint density at radius 2 is 1.93 bits per heavy atom. The molecule has 0 aliphatic carbocycles. The summed E-state index contributed by atoms with van der Waals surface area (Å²) in [6.07, 6.45) is 3.45. The third kappa shape index (κ3) is 3.29. The number of nitrogens with zero attached hydrogens (tertiary/aromatic N) is 2. The summed E-state index contributed by atoms with van der Waals surface area (Å²) >= 11 is 0. The van der Waals surface area contributed by atoms with Crippen LogP contribution >= 0.6 is 0 Å². The average Bonchev–Trinajstić information content (AvgIpc) is 2.68. The number of rotatable bonds is 3. The van der Waals surface area contributed by atoms with E-state index in [1.54, 1.807) is 0 Å². The number of benzene rings is 2. The van der Waals surface area contributed by atoms with E-state index in [4.69, 9.17) is 4.74 Å². The normalized spacial score (nSPS) is 22.6. The lowest BCUT2D eigenvalue weighted by Crippen LogP contribution is -2.53. The lowest BCUT2D eigenvalue weighted by atomic mass is 9.89. The minimum Gasteiger partial charge on any atom is -0.378 e. The van der Waals surface area contributed by atoms with Crippen LogP contribution in [0, 0.1) is 6.92 Å². The van der Waals surface area contributed by atoms with Gasteiger partial charge < -0.3 is 4.74 Å². The molecule has 2 aliphatic rings. The van der Waals surface area contributed by atoms with Crippen molar-refractivity contribution in [2.45, 2.75) is 32.0 Å². The summed E-state index contributed by atoms with van der Waals surface area (Å²) in [5.74, 6) is 0. The van der Waals surface area contributed by atoms with Crippen molar-refractivity contribution in [3.63, 3.8) is 0 Å². The van der Waals surface area contributed by atoms with E-state index < -0.39 is 0 Å². The minimum atomic E-state index is 0.347. The zero-order chi connectivity index (χ0) is 18.2. The summed E-state index contributed by atoms with van der Waals surface area (Å²) in [5, 5.41) is 1.21. The molecule has 2 aliphatic heterocycles. The van der Waals surface area contributed by atoms with Crippen LogP contribution in [0.15, 0.2) is 66.7 Å². The van der Waals surface area contributed by atoms with Crippen LogP contribution in [0.4, 0.5) is 0 Å². The first-order chi connectivity index (χ1) is 13.3. The van der Waals surface area contributed by atoms with Gasteiger partial charge in [-0.2, -0.15) is 0 Å². The van der Waals surface area contributed by atoms with Crippen molar-refractivity contribution in [2.24, 2.45) is 0 Å². The Morgan fingerprint density at radius 3 is 2.78 bits per heavy atom. The molecule has 0 N–H and O–H groups in total. The quantitative estimate of drug-likeness (QED) is 0.686. The van der Waals surface area contributed by atoms with Crippen molar-refractivity contribution in [3.05, 3.63) is 83.6 Å². The highest BCUT2D eigenvalue weighted by Gasteiger charge is 2.34. The van der Waals surface area contributed by atoms with Gasteiger partial charge in [0.15, 0.2) is 0 Å². The fourth-order valence-corrected chi connectivity index (χ4v) is 4.34. The lowest BCUT2D eigenvalue weighted by Gasteiger charge is -2.45. The molecule has 3 heteroatoms. The predicted molar refractivity (Wildman–Crippen MR) is 109 cm³/mol. The number of pyridine rings is 1. The Kier molecular flexibility index (Phi) is 4.27. The zero-order valence-corrected chi connectivity index (χ0v) is 15.6. The van der Waals surface area contributed by atoms with Crippen LogP contribution in [0.1, 0.15) is 23.2 Å². The molecule has 1 saturated heterocycles. The molecule has 2 bridgehead atoms. The number of morpholine rings is 1. The van der Waals surface area contributed by atoms with Crippen LogP contribution in [0.3, 0.4) is 0 Å². The van der Waals surface area contributed by atoms with Crippen LogP contribution < -0.4 is 0 Å². The second-order valence-electron chi connectivity index (χ2n) is 7.67. The summed E-state index contributed by atoms with van der Waals surface area (Å²) < 4.78 is 5.88. The molecular formula is C24H24N2O. The van der Waals surface area contributed by atoms with E-state index in [2.05, 4.69) is 76.6 Å². The molecule has 0 saturated carbocycles. The third-order valence-electron chi connectivity index (χ3n) is 5.75. The van der Waals surface area contributed by atoms with Gasteiger partial charge in [0.1, 0.15) is 0 Å². The zero-order valence-electron chi connectivity index (χ0n) is 15.6. The number of fused-ring (bicyclic) bond motifs is 3. The Labute approximate surface area is 160 Å². The Hall–Kier alpha value is -2.49. The molecule has 2 aromatic carbocycles. The lowest BCUT2D eigenvalue weighted by molar-refractivity contribution is -0.0402. The van der Waals surface area contributed by atoms with E-state index in [1.807, 2.05) is 6.92 Å². The molecule has 0 radical (unpaired) electrons. The first kappa shape index (κ1) is 16.7. The maximum absolute atomic E-state index is 5.88. The number of ether oxygens (including phenoxy) is 1. The standard InChI is InChI=1S/C24H24N2O/c1-17-7-8-20-11-19(9-10-24(20)25-17)21-12-22-15-27-16-23(13-21)26(22)14-18-5-3-2-4-6-18/h2-12,22-23H,13-16H2,1H3. The fraction of sp³-hybridized carbons (Fsp3) is 0.292. The van der Waals surface area contributed by atoms with Gasteiger partial charge in [-0.1, -0.05) is 48.5 Å². The second kappa shape index (κ2) is 6.91. The maximum atomic E-state index is 5.88. The summed E-state index contributed by atoms with van der Waals surface area (Å²) in [6, 6.07) is 22.5. The SMILES string of the molecule is Cc1ccc2cc(C3=CC4COCC(C3)N4Cc3ccccc3)ccc2n1. The molecule has 2 unspecified atom stereocenters. The van der Waals surface area contributed by atoms with Crippen molar-refractivity contribution in [1.29, 1.82) is 0 Å². The van der Waals surface area contributed by atoms with Gasteiger partial charge in [-0.15, -0.1) is 0 Å². The van der Waals surface area contributed by atoms with Crippen LogP contribution in [0.25, 0.3) is 16.5 Å². The third-order valence-corrected chi connectivity index (χ3v) is 5.75. The van der Waals surface area contributed by atoms with Gasteiger partial charge in [-0.3, -0.25) is 9.88 Å². The molecule has 27 heavy (non-hydrogen) atoms. The average molecular weight is 356 g/mol. The summed E-state index contributed by atoms with van der Waals surface area (Å²) in [7, 11) is 0. The molecular weight excluding hydrogens is 332 g/mol. The van der Waals surface area contributed by atoms with E-state index in [-0.39, 0.29) is 0 Å². The van der Waals surface area contributed by atoms with E-state index in [0.29, 0.717) is 12.1 Å². The van der Waals surface area contributed by atoms with E-state index in [9.17, 15) is 0 Å². The minimum absolute atomic E-state index is 0.347. The predicted octanol–water partition coefficient (Wildman–Crippen LogP) is 4.60. The Balaban J connectivity index is 1.45. The summed E-state index contributed by atoms with van der Waals surface area (Å²) in [6.45, 7) is 4.62. The van der Waals surface area contributed by atoms with Gasteiger partial charge in [0, 0.05) is 23.7 Å². The van der Waals surface area contributed by atoms with Gasteiger partial charge in [-0.25, -0.2) is 0 Å². The topological polar surface area (TPSA) is 25.4 Å². The molecule has 1 aromatic heterocycles. The summed E-state index contributed by atoms with van der Waals surface area (Å²) in [4.78, 5) is 7.24. The summed E-state index contributed by atoms with van der Waals surface area (Å²) in [5.41, 5.74) is 6.28. The highest BCUT2D eigenvalue weighted by atomic mass is 16.5. The van der Waals surface area contributed by atoms with E-state index in [0.717, 1.165) is 37.4 Å². The van der Waals surface area contributed by atoms with Crippen molar-refractivity contribution in [3.8, 4) is 0 Å². The van der Waals surface area contributed by atoms with Crippen molar-refractivity contribution >= 4 is 16.5 Å². The monoisotopic (exact) mass is 356 g/mol. The smallest absolute Gasteiger partial charge is 0.0705 e. The second-order valence-corrected chi connectivity index (χ2v) is 7.67. The number of hydrogen-bond donors (Lipinski definition) is 0. The van der Waals surface area contributed by atoms with Crippen LogP contribution in [-0.2, 0) is 11.3 Å². The molecule has 3 nitrogen and oxygen atoms in total. The molecule has 2 atom stereocenters. The Morgan fingerprint density at radius 1 is 1.04 bits per heavy atom. The van der Waals surface area contributed by atoms with Gasteiger partial charge in [0.25, 0.3) is 0 Å². The highest BCUT2D eigenvalue weighted by molar-refractivity contribution is 5.84. The van der Waals surface area contributed by atoms with Gasteiger partial charge in [0.2, 0.25) is 0 Å². The van der Waals surface area contributed by atoms with Gasteiger partial charge in [-0.05, 0) is 48.2 Å². The van der Waals surface area contributed by atoms with E-state index in [1.165, 1.54) is 22.1 Å². The molecule has 3 aromatic rings. The number of aryl methyl sites for hydroxylation is 1. The number of aromatic nitrogens is 1. The molecule has 1 fully saturated rings. The highest BCUT2D eigenvalue weighted by Crippen LogP contribution is 2.34. The van der Waals surface area contributed by atoms with E-state index >= 15 is 0 Å². The molecule has 5 rings (SSSR count). The van der Waals surface area contributed by atoms with Crippen molar-refractivity contribution < 1.29 is 4.74 Å². The number of hydrogen-bond acceptors (Lipinski definition) is 3. The van der Waals surface area contributed by atoms with Crippen LogP contribution in [0.5, 0.6) is 0 Å². The van der Waals surface area contributed by atoms with Crippen LogP contribution in [-0.4, -0.2) is 35.2 Å². The van der Waals surface area contributed by atoms with Crippen molar-refractivity contribution in [2.75, 3.05) is 13.2 Å². The molecule has 0 amide bonds. The van der Waals surface area contributed by atoms with Gasteiger partial charge in [0.05, 0.1) is 24.8 Å². The fourth-order valence-electron chi connectivity index (χ4n) is 4.34. The van der Waals surface area contributed by atoms with Crippen LogP contribution in [0.2, 0.25) is 0 Å².